The third kappa shape index (κ3) is 2.78. The Morgan fingerprint density at radius 1 is 1.06 bits per heavy atom. The zero-order valence-electron chi connectivity index (χ0n) is 8.56. The average molecular weight is 213 g/mol. The van der Waals surface area contributed by atoms with E-state index in [9.17, 15) is 9.18 Å². The standard InChI is InChI=1S/C14H10FO/c15-13-8-5-11(6-9-13)7-10-14(16)12-3-1-2-4-12/h1-10H/b10-7+. The summed E-state index contributed by atoms with van der Waals surface area (Å²) in [6.45, 7) is 0. The first-order chi connectivity index (χ1) is 7.75. The molecule has 5 radical (unpaired) electrons. The van der Waals surface area contributed by atoms with Crippen LogP contribution in [0.1, 0.15) is 5.56 Å². The van der Waals surface area contributed by atoms with Crippen molar-refractivity contribution in [2.75, 3.05) is 0 Å². The van der Waals surface area contributed by atoms with E-state index < -0.39 is 0 Å². The van der Waals surface area contributed by atoms with E-state index in [1.165, 1.54) is 18.2 Å². The van der Waals surface area contributed by atoms with Crippen molar-refractivity contribution < 1.29 is 9.18 Å². The summed E-state index contributed by atoms with van der Waals surface area (Å²) >= 11 is 0. The molecule has 0 saturated heterocycles. The molecule has 0 heterocycles. The molecule has 0 unspecified atom stereocenters. The van der Waals surface area contributed by atoms with Gasteiger partial charge in [0.25, 0.3) is 0 Å². The van der Waals surface area contributed by atoms with Crippen LogP contribution in [0.5, 0.6) is 0 Å². The van der Waals surface area contributed by atoms with Crippen LogP contribution in [0.2, 0.25) is 0 Å². The Labute approximate surface area is 95.0 Å². The van der Waals surface area contributed by atoms with Crippen LogP contribution >= 0.6 is 0 Å². The second-order valence-electron chi connectivity index (χ2n) is 3.42. The fourth-order valence-electron chi connectivity index (χ4n) is 1.38. The van der Waals surface area contributed by atoms with E-state index in [0.29, 0.717) is 5.92 Å². The van der Waals surface area contributed by atoms with Crippen molar-refractivity contribution >= 4 is 11.9 Å². The Morgan fingerprint density at radius 3 is 2.31 bits per heavy atom. The molecule has 0 atom stereocenters. The predicted molar refractivity (Wildman–Crippen MR) is 60.9 cm³/mol. The van der Waals surface area contributed by atoms with Gasteiger partial charge in [0.15, 0.2) is 5.78 Å². The summed E-state index contributed by atoms with van der Waals surface area (Å²) in [5.41, 5.74) is 0.807. The van der Waals surface area contributed by atoms with Gasteiger partial charge >= 0.3 is 0 Å². The molecule has 0 aliphatic heterocycles. The molecule has 1 aliphatic rings. The van der Waals surface area contributed by atoms with Gasteiger partial charge in [0.05, 0.1) is 5.92 Å². The number of carbonyl (C=O) groups excluding carboxylic acids is 1. The third-order valence-electron chi connectivity index (χ3n) is 2.24. The van der Waals surface area contributed by atoms with Crippen LogP contribution in [0.3, 0.4) is 0 Å². The zero-order chi connectivity index (χ0) is 11.4. The molecule has 2 rings (SSSR count). The Kier molecular flexibility index (Phi) is 3.50. The van der Waals surface area contributed by atoms with Crippen molar-refractivity contribution in [2.24, 2.45) is 0 Å². The second kappa shape index (κ2) is 5.06. The van der Waals surface area contributed by atoms with Crippen molar-refractivity contribution in [2.45, 2.75) is 0 Å². The molecular formula is C14H10FO. The molecule has 0 aromatic heterocycles. The second-order valence-corrected chi connectivity index (χ2v) is 3.42. The number of halogens is 1. The van der Waals surface area contributed by atoms with Crippen LogP contribution in [-0.2, 0) is 4.79 Å². The molecule has 1 aromatic carbocycles. The Morgan fingerprint density at radius 2 is 1.69 bits per heavy atom. The number of allylic oxidation sites excluding steroid dienone is 1. The molecular weight excluding hydrogens is 203 g/mol. The number of carbonyl (C=O) groups is 1. The lowest BCUT2D eigenvalue weighted by Gasteiger charge is -2.00. The van der Waals surface area contributed by atoms with Gasteiger partial charge < -0.3 is 0 Å². The van der Waals surface area contributed by atoms with Gasteiger partial charge in [-0.2, -0.15) is 0 Å². The van der Waals surface area contributed by atoms with E-state index in [0.717, 1.165) is 5.56 Å². The normalized spacial score (nSPS) is 17.1. The van der Waals surface area contributed by atoms with Crippen molar-refractivity contribution in [3.05, 3.63) is 73.3 Å². The van der Waals surface area contributed by atoms with Crippen LogP contribution in [0.4, 0.5) is 4.39 Å². The fraction of sp³-hybridized carbons (Fsp3) is 0. The molecule has 79 valence electrons. The lowest BCUT2D eigenvalue weighted by atomic mass is 10.0. The first-order valence-electron chi connectivity index (χ1n) is 4.95. The van der Waals surface area contributed by atoms with Gasteiger partial charge in [-0.3, -0.25) is 4.79 Å². The Bertz CT molecular complexity index is 386. The summed E-state index contributed by atoms with van der Waals surface area (Å²) in [7, 11) is 0. The largest absolute Gasteiger partial charge is 0.294 e. The highest BCUT2D eigenvalue weighted by atomic mass is 19.1. The molecule has 1 fully saturated rings. The van der Waals surface area contributed by atoms with Gasteiger partial charge in [-0.15, -0.1) is 0 Å². The van der Waals surface area contributed by atoms with E-state index >= 15 is 0 Å². The van der Waals surface area contributed by atoms with Gasteiger partial charge in [0.1, 0.15) is 5.82 Å². The zero-order valence-corrected chi connectivity index (χ0v) is 8.56. The highest BCUT2D eigenvalue weighted by molar-refractivity contribution is 6.07. The molecule has 0 amide bonds. The van der Waals surface area contributed by atoms with Crippen molar-refractivity contribution in [1.29, 1.82) is 0 Å². The molecule has 1 saturated carbocycles. The van der Waals surface area contributed by atoms with E-state index in [1.54, 1.807) is 31.1 Å². The highest BCUT2D eigenvalue weighted by Gasteiger charge is 2.22. The molecule has 1 nitrogen and oxygen atoms in total. The number of ketones is 1. The maximum Gasteiger partial charge on any atom is 0.163 e. The third-order valence-corrected chi connectivity index (χ3v) is 2.24. The minimum atomic E-state index is -0.278. The summed E-state index contributed by atoms with van der Waals surface area (Å²) in [6, 6.07) is 5.99. The topological polar surface area (TPSA) is 17.1 Å². The summed E-state index contributed by atoms with van der Waals surface area (Å²) in [5.74, 6) is 0.340. The monoisotopic (exact) mass is 213 g/mol. The molecule has 0 spiro atoms. The molecule has 0 N–H and O–H groups in total. The van der Waals surface area contributed by atoms with E-state index in [4.69, 9.17) is 0 Å². The molecule has 0 bridgehead atoms. The minimum Gasteiger partial charge on any atom is -0.294 e. The SMILES string of the molecule is O=C(/C=C/c1ccc(F)cc1)[C]1[CH][CH][CH][CH]1. The van der Waals surface area contributed by atoms with Crippen molar-refractivity contribution in [3.63, 3.8) is 0 Å². The Balaban J connectivity index is 1.97. The number of hydrogen-bond acceptors (Lipinski definition) is 1. The average Bonchev–Trinajstić information content (AvgIpc) is 2.81. The molecule has 1 aliphatic carbocycles. The summed E-state index contributed by atoms with van der Waals surface area (Å²) in [4.78, 5) is 11.6. The van der Waals surface area contributed by atoms with Crippen LogP contribution in [0.25, 0.3) is 6.08 Å². The lowest BCUT2D eigenvalue weighted by Crippen LogP contribution is -2.05. The summed E-state index contributed by atoms with van der Waals surface area (Å²) < 4.78 is 12.6. The lowest BCUT2D eigenvalue weighted by molar-refractivity contribution is -0.112. The Hall–Kier alpha value is -1.44. The number of hydrogen-bond donors (Lipinski definition) is 0. The van der Waals surface area contributed by atoms with E-state index in [1.807, 2.05) is 12.8 Å². The minimum absolute atomic E-state index is 0.0469. The summed E-state index contributed by atoms with van der Waals surface area (Å²) in [5, 5.41) is 0. The van der Waals surface area contributed by atoms with Gasteiger partial charge in [-0.05, 0) is 49.5 Å². The molecule has 16 heavy (non-hydrogen) atoms. The van der Waals surface area contributed by atoms with Crippen LogP contribution in [0.15, 0.2) is 30.3 Å². The van der Waals surface area contributed by atoms with Gasteiger partial charge in [-0.25, -0.2) is 4.39 Å². The van der Waals surface area contributed by atoms with Gasteiger partial charge in [0, 0.05) is 0 Å². The number of benzene rings is 1. The first-order valence-corrected chi connectivity index (χ1v) is 4.95. The van der Waals surface area contributed by atoms with Crippen molar-refractivity contribution in [3.8, 4) is 0 Å². The van der Waals surface area contributed by atoms with Gasteiger partial charge in [0.2, 0.25) is 0 Å². The first kappa shape index (κ1) is 11.1. The maximum absolute atomic E-state index is 12.6. The van der Waals surface area contributed by atoms with E-state index in [-0.39, 0.29) is 11.6 Å². The highest BCUT2D eigenvalue weighted by Crippen LogP contribution is 2.24. The van der Waals surface area contributed by atoms with Crippen LogP contribution < -0.4 is 0 Å². The van der Waals surface area contributed by atoms with Crippen molar-refractivity contribution in [1.82, 2.24) is 0 Å². The summed E-state index contributed by atoms with van der Waals surface area (Å²) in [6.07, 6.45) is 10.3. The van der Waals surface area contributed by atoms with Crippen LogP contribution in [0, 0.1) is 37.4 Å². The maximum atomic E-state index is 12.6. The predicted octanol–water partition coefficient (Wildman–Crippen LogP) is 2.81. The van der Waals surface area contributed by atoms with E-state index in [2.05, 4.69) is 0 Å². The smallest absolute Gasteiger partial charge is 0.163 e. The molecule has 2 heteroatoms. The van der Waals surface area contributed by atoms with Crippen LogP contribution in [-0.4, -0.2) is 5.78 Å². The fourth-order valence-corrected chi connectivity index (χ4v) is 1.38. The molecule has 1 aromatic rings. The quantitative estimate of drug-likeness (QED) is 0.705. The number of rotatable bonds is 3. The van der Waals surface area contributed by atoms with Gasteiger partial charge in [-0.1, -0.05) is 18.2 Å².